The van der Waals surface area contributed by atoms with Gasteiger partial charge < -0.3 is 14.0 Å². The quantitative estimate of drug-likeness (QED) is 0.789. The molecule has 17 heavy (non-hydrogen) atoms. The number of hydrogen-bond acceptors (Lipinski definition) is 3. The van der Waals surface area contributed by atoms with Crippen LogP contribution < -0.4 is 4.74 Å². The number of aromatic nitrogens is 2. The molecule has 2 aromatic heterocycles. The first-order valence-corrected chi connectivity index (χ1v) is 5.94. The molecular formula is C13H19N3O. The average molecular weight is 233 g/mol. The fourth-order valence-corrected chi connectivity index (χ4v) is 1.71. The first kappa shape index (κ1) is 11.9. The summed E-state index contributed by atoms with van der Waals surface area (Å²) in [6.07, 6.45) is 4.92. The first-order valence-electron chi connectivity index (χ1n) is 5.94. The van der Waals surface area contributed by atoms with Gasteiger partial charge in [-0.25, -0.2) is 4.98 Å². The molecule has 0 spiro atoms. The van der Waals surface area contributed by atoms with Crippen molar-refractivity contribution in [1.82, 2.24) is 14.3 Å². The number of imidazole rings is 1. The standard InChI is InChI=1S/C13H19N3O/c1-4-11-10-14-13-9-12(5-6-16(11)13)17-8-7-15(2)3/h5-6,9-10H,4,7-8H2,1-3H3. The highest BCUT2D eigenvalue weighted by molar-refractivity contribution is 5.45. The highest BCUT2D eigenvalue weighted by Gasteiger charge is 2.02. The van der Waals surface area contributed by atoms with Crippen LogP contribution in [0.4, 0.5) is 0 Å². The minimum absolute atomic E-state index is 0.699. The fraction of sp³-hybridized carbons (Fsp3) is 0.462. The number of pyridine rings is 1. The number of likely N-dealkylation sites (N-methyl/N-ethyl adjacent to an activating group) is 1. The van der Waals surface area contributed by atoms with Crippen molar-refractivity contribution in [3.63, 3.8) is 0 Å². The fourth-order valence-electron chi connectivity index (χ4n) is 1.71. The van der Waals surface area contributed by atoms with E-state index in [0.717, 1.165) is 24.4 Å². The maximum Gasteiger partial charge on any atom is 0.140 e. The number of rotatable bonds is 5. The summed E-state index contributed by atoms with van der Waals surface area (Å²) in [5, 5.41) is 0. The van der Waals surface area contributed by atoms with Gasteiger partial charge in [0.05, 0.1) is 0 Å². The molecule has 0 N–H and O–H groups in total. The van der Waals surface area contributed by atoms with Crippen LogP contribution >= 0.6 is 0 Å². The number of fused-ring (bicyclic) bond motifs is 1. The monoisotopic (exact) mass is 233 g/mol. The van der Waals surface area contributed by atoms with Crippen molar-refractivity contribution >= 4 is 5.65 Å². The average Bonchev–Trinajstić information content (AvgIpc) is 2.70. The molecule has 0 unspecified atom stereocenters. The van der Waals surface area contributed by atoms with Crippen molar-refractivity contribution in [2.75, 3.05) is 27.2 Å². The second-order valence-corrected chi connectivity index (χ2v) is 4.35. The number of ether oxygens (including phenoxy) is 1. The summed E-state index contributed by atoms with van der Waals surface area (Å²) < 4.78 is 7.77. The van der Waals surface area contributed by atoms with Crippen LogP contribution in [-0.2, 0) is 6.42 Å². The Morgan fingerprint density at radius 1 is 1.41 bits per heavy atom. The SMILES string of the molecule is CCc1cnc2cc(OCCN(C)C)ccn12. The van der Waals surface area contributed by atoms with Gasteiger partial charge in [0.2, 0.25) is 0 Å². The van der Waals surface area contributed by atoms with E-state index in [1.165, 1.54) is 5.69 Å². The van der Waals surface area contributed by atoms with Crippen molar-refractivity contribution in [3.8, 4) is 5.75 Å². The summed E-state index contributed by atoms with van der Waals surface area (Å²) in [6, 6.07) is 3.97. The van der Waals surface area contributed by atoms with E-state index in [0.29, 0.717) is 6.61 Å². The molecule has 4 heteroatoms. The van der Waals surface area contributed by atoms with Gasteiger partial charge in [0.1, 0.15) is 18.0 Å². The van der Waals surface area contributed by atoms with Gasteiger partial charge in [0, 0.05) is 30.7 Å². The largest absolute Gasteiger partial charge is 0.492 e. The summed E-state index contributed by atoms with van der Waals surface area (Å²) in [6.45, 7) is 3.75. The molecule has 0 bridgehead atoms. The van der Waals surface area contributed by atoms with E-state index in [4.69, 9.17) is 4.74 Å². The second kappa shape index (κ2) is 5.19. The van der Waals surface area contributed by atoms with Crippen LogP contribution in [0.1, 0.15) is 12.6 Å². The molecule has 0 aliphatic heterocycles. The molecule has 2 aromatic rings. The molecule has 4 nitrogen and oxygen atoms in total. The molecule has 2 rings (SSSR count). The molecule has 92 valence electrons. The van der Waals surface area contributed by atoms with E-state index in [9.17, 15) is 0 Å². The zero-order chi connectivity index (χ0) is 12.3. The molecule has 2 heterocycles. The lowest BCUT2D eigenvalue weighted by molar-refractivity contribution is 0.261. The maximum absolute atomic E-state index is 5.67. The molecule has 0 radical (unpaired) electrons. The number of nitrogens with zero attached hydrogens (tertiary/aromatic N) is 3. The Hall–Kier alpha value is -1.55. The zero-order valence-corrected chi connectivity index (χ0v) is 10.7. The van der Waals surface area contributed by atoms with Gasteiger partial charge in [0.15, 0.2) is 0 Å². The predicted octanol–water partition coefficient (Wildman–Crippen LogP) is 1.84. The Kier molecular flexibility index (Phi) is 3.64. The lowest BCUT2D eigenvalue weighted by atomic mass is 10.3. The highest BCUT2D eigenvalue weighted by Crippen LogP contribution is 2.15. The summed E-state index contributed by atoms with van der Waals surface area (Å²) in [7, 11) is 4.07. The first-order chi connectivity index (χ1) is 8.20. The van der Waals surface area contributed by atoms with Crippen molar-refractivity contribution in [2.24, 2.45) is 0 Å². The van der Waals surface area contributed by atoms with Gasteiger partial charge >= 0.3 is 0 Å². The molecule has 0 saturated carbocycles. The normalized spacial score (nSPS) is 11.3. The van der Waals surface area contributed by atoms with E-state index < -0.39 is 0 Å². The molecule has 0 saturated heterocycles. The Labute approximate surface area is 102 Å². The van der Waals surface area contributed by atoms with E-state index in [1.807, 2.05) is 38.6 Å². The van der Waals surface area contributed by atoms with E-state index in [2.05, 4.69) is 21.2 Å². The second-order valence-electron chi connectivity index (χ2n) is 4.35. The Bertz CT molecular complexity index is 490. The van der Waals surface area contributed by atoms with Crippen LogP contribution in [0.3, 0.4) is 0 Å². The van der Waals surface area contributed by atoms with E-state index in [1.54, 1.807) is 0 Å². The minimum Gasteiger partial charge on any atom is -0.492 e. The van der Waals surface area contributed by atoms with Gasteiger partial charge in [-0.15, -0.1) is 0 Å². The van der Waals surface area contributed by atoms with Gasteiger partial charge in [0.25, 0.3) is 0 Å². The molecule has 0 atom stereocenters. The smallest absolute Gasteiger partial charge is 0.140 e. The molecule has 0 aromatic carbocycles. The van der Waals surface area contributed by atoms with Crippen LogP contribution in [0.25, 0.3) is 5.65 Å². The van der Waals surface area contributed by atoms with Gasteiger partial charge in [-0.1, -0.05) is 6.92 Å². The summed E-state index contributed by atoms with van der Waals surface area (Å²) in [4.78, 5) is 6.47. The Morgan fingerprint density at radius 2 is 2.24 bits per heavy atom. The molecule has 0 aliphatic rings. The van der Waals surface area contributed by atoms with Crippen LogP contribution in [0, 0.1) is 0 Å². The van der Waals surface area contributed by atoms with Gasteiger partial charge in [-0.05, 0) is 26.6 Å². The minimum atomic E-state index is 0.699. The molecular weight excluding hydrogens is 214 g/mol. The number of hydrogen-bond donors (Lipinski definition) is 0. The molecule has 0 amide bonds. The third-order valence-corrected chi connectivity index (χ3v) is 2.73. The molecule has 0 aliphatic carbocycles. The predicted molar refractivity (Wildman–Crippen MR) is 68.6 cm³/mol. The third-order valence-electron chi connectivity index (χ3n) is 2.73. The van der Waals surface area contributed by atoms with E-state index >= 15 is 0 Å². The van der Waals surface area contributed by atoms with Crippen molar-refractivity contribution < 1.29 is 4.74 Å². The maximum atomic E-state index is 5.67. The Morgan fingerprint density at radius 3 is 2.94 bits per heavy atom. The lowest BCUT2D eigenvalue weighted by Gasteiger charge is -2.11. The van der Waals surface area contributed by atoms with Crippen molar-refractivity contribution in [1.29, 1.82) is 0 Å². The van der Waals surface area contributed by atoms with Crippen LogP contribution in [-0.4, -0.2) is 41.5 Å². The van der Waals surface area contributed by atoms with Gasteiger partial charge in [-0.3, -0.25) is 0 Å². The van der Waals surface area contributed by atoms with Crippen LogP contribution in [0.5, 0.6) is 5.75 Å². The summed E-state index contributed by atoms with van der Waals surface area (Å²) >= 11 is 0. The topological polar surface area (TPSA) is 29.8 Å². The third kappa shape index (κ3) is 2.77. The highest BCUT2D eigenvalue weighted by atomic mass is 16.5. The van der Waals surface area contributed by atoms with Crippen LogP contribution in [0.15, 0.2) is 24.5 Å². The van der Waals surface area contributed by atoms with Crippen molar-refractivity contribution in [2.45, 2.75) is 13.3 Å². The lowest BCUT2D eigenvalue weighted by Crippen LogP contribution is -2.19. The zero-order valence-electron chi connectivity index (χ0n) is 10.7. The summed E-state index contributed by atoms with van der Waals surface area (Å²) in [5.74, 6) is 0.882. The van der Waals surface area contributed by atoms with Crippen LogP contribution in [0.2, 0.25) is 0 Å². The Balaban J connectivity index is 2.10. The van der Waals surface area contributed by atoms with Gasteiger partial charge in [-0.2, -0.15) is 0 Å². The molecule has 0 fully saturated rings. The van der Waals surface area contributed by atoms with E-state index in [-0.39, 0.29) is 0 Å². The van der Waals surface area contributed by atoms with Crippen molar-refractivity contribution in [3.05, 3.63) is 30.2 Å². The summed E-state index contributed by atoms with van der Waals surface area (Å²) in [5.41, 5.74) is 2.17. The number of aryl methyl sites for hydroxylation is 1.